The largest absolute Gasteiger partial charge is 0.493 e. The fourth-order valence-corrected chi connectivity index (χ4v) is 1.69. The van der Waals surface area contributed by atoms with Gasteiger partial charge >= 0.3 is 0 Å². The van der Waals surface area contributed by atoms with E-state index in [9.17, 15) is 0 Å². The van der Waals surface area contributed by atoms with Crippen molar-refractivity contribution in [2.24, 2.45) is 7.05 Å². The molecule has 0 aliphatic heterocycles. The topological polar surface area (TPSA) is 36.3 Å². The Morgan fingerprint density at radius 1 is 1.20 bits per heavy atom. The van der Waals surface area contributed by atoms with Crippen LogP contribution in [0.2, 0.25) is 0 Å². The Bertz CT molecular complexity index is 503. The molecule has 0 fully saturated rings. The second kappa shape index (κ2) is 3.46. The molecule has 1 aromatic carbocycles. The van der Waals surface area contributed by atoms with Crippen molar-refractivity contribution in [3.8, 4) is 11.5 Å². The molecule has 0 bridgehead atoms. The Morgan fingerprint density at radius 2 is 1.93 bits per heavy atom. The van der Waals surface area contributed by atoms with Crippen LogP contribution in [0.1, 0.15) is 5.82 Å². The molecule has 80 valence electrons. The van der Waals surface area contributed by atoms with Gasteiger partial charge in [0.2, 0.25) is 0 Å². The summed E-state index contributed by atoms with van der Waals surface area (Å²) in [4.78, 5) is 4.45. The number of aromatic nitrogens is 2. The van der Waals surface area contributed by atoms with Crippen molar-refractivity contribution in [1.82, 2.24) is 9.55 Å². The summed E-state index contributed by atoms with van der Waals surface area (Å²) in [6, 6.07) is 3.87. The van der Waals surface area contributed by atoms with Gasteiger partial charge in [-0.1, -0.05) is 0 Å². The van der Waals surface area contributed by atoms with Crippen molar-refractivity contribution in [3.63, 3.8) is 0 Å². The van der Waals surface area contributed by atoms with Crippen molar-refractivity contribution < 1.29 is 9.47 Å². The minimum Gasteiger partial charge on any atom is -0.493 e. The Labute approximate surface area is 88.4 Å². The number of fused-ring (bicyclic) bond motifs is 1. The summed E-state index contributed by atoms with van der Waals surface area (Å²) >= 11 is 0. The van der Waals surface area contributed by atoms with Crippen LogP contribution >= 0.6 is 0 Å². The fraction of sp³-hybridized carbons (Fsp3) is 0.364. The molecule has 0 saturated carbocycles. The summed E-state index contributed by atoms with van der Waals surface area (Å²) in [7, 11) is 5.23. The molecule has 15 heavy (non-hydrogen) atoms. The maximum atomic E-state index is 5.32. The van der Waals surface area contributed by atoms with Crippen LogP contribution in [0.25, 0.3) is 11.0 Å². The first-order chi connectivity index (χ1) is 7.19. The number of aryl methyl sites for hydroxylation is 2. The van der Waals surface area contributed by atoms with Crippen LogP contribution in [-0.2, 0) is 7.05 Å². The summed E-state index contributed by atoms with van der Waals surface area (Å²) in [5.74, 6) is 2.36. The smallest absolute Gasteiger partial charge is 0.188 e. The Balaban J connectivity index is 2.82. The third-order valence-electron chi connectivity index (χ3n) is 2.62. The second-order valence-electron chi connectivity index (χ2n) is 3.39. The standard InChI is InChI=1S/C11H14N2O2/c1-7-12-10-8(13(7)2)5-6-9(14-3)11(10)15-4/h5-6H,1-4H3. The molecule has 0 radical (unpaired) electrons. The van der Waals surface area contributed by atoms with Crippen LogP contribution < -0.4 is 9.47 Å². The van der Waals surface area contributed by atoms with Gasteiger partial charge in [-0.25, -0.2) is 4.98 Å². The Morgan fingerprint density at radius 3 is 2.53 bits per heavy atom. The highest BCUT2D eigenvalue weighted by molar-refractivity contribution is 5.85. The highest BCUT2D eigenvalue weighted by Crippen LogP contribution is 2.34. The molecule has 1 aromatic heterocycles. The number of methoxy groups -OCH3 is 2. The van der Waals surface area contributed by atoms with Crippen LogP contribution in [0.5, 0.6) is 11.5 Å². The summed E-state index contributed by atoms with van der Waals surface area (Å²) in [5, 5.41) is 0. The maximum Gasteiger partial charge on any atom is 0.188 e. The SMILES string of the molecule is COc1ccc2c(nc(C)n2C)c1OC. The minimum absolute atomic E-state index is 0.693. The second-order valence-corrected chi connectivity index (χ2v) is 3.39. The number of hydrogen-bond donors (Lipinski definition) is 0. The zero-order chi connectivity index (χ0) is 11.0. The molecule has 2 aromatic rings. The quantitative estimate of drug-likeness (QED) is 0.753. The van der Waals surface area contributed by atoms with Crippen molar-refractivity contribution >= 4 is 11.0 Å². The van der Waals surface area contributed by atoms with E-state index in [2.05, 4.69) is 4.98 Å². The van der Waals surface area contributed by atoms with Gasteiger partial charge in [0.25, 0.3) is 0 Å². The van der Waals surface area contributed by atoms with E-state index in [4.69, 9.17) is 9.47 Å². The third kappa shape index (κ3) is 1.33. The first kappa shape index (κ1) is 9.83. The number of benzene rings is 1. The van der Waals surface area contributed by atoms with Gasteiger partial charge in [0.1, 0.15) is 11.3 Å². The minimum atomic E-state index is 0.693. The lowest BCUT2D eigenvalue weighted by atomic mass is 10.2. The van der Waals surface area contributed by atoms with Crippen LogP contribution in [0.15, 0.2) is 12.1 Å². The predicted molar refractivity (Wildman–Crippen MR) is 58.6 cm³/mol. The van der Waals surface area contributed by atoms with Crippen molar-refractivity contribution in [2.75, 3.05) is 14.2 Å². The number of hydrogen-bond acceptors (Lipinski definition) is 3. The van der Waals surface area contributed by atoms with E-state index in [1.165, 1.54) is 0 Å². The van der Waals surface area contributed by atoms with E-state index in [1.807, 2.05) is 30.7 Å². The van der Waals surface area contributed by atoms with Gasteiger partial charge in [0, 0.05) is 7.05 Å². The Kier molecular flexibility index (Phi) is 2.26. The summed E-state index contributed by atoms with van der Waals surface area (Å²) in [6.45, 7) is 1.96. The lowest BCUT2D eigenvalue weighted by Crippen LogP contribution is -1.92. The fourth-order valence-electron chi connectivity index (χ4n) is 1.69. The van der Waals surface area contributed by atoms with Crippen LogP contribution in [0.3, 0.4) is 0 Å². The molecule has 0 saturated heterocycles. The van der Waals surface area contributed by atoms with Gasteiger partial charge < -0.3 is 14.0 Å². The van der Waals surface area contributed by atoms with Gasteiger partial charge in [-0.05, 0) is 19.1 Å². The van der Waals surface area contributed by atoms with Crippen molar-refractivity contribution in [3.05, 3.63) is 18.0 Å². The first-order valence-corrected chi connectivity index (χ1v) is 4.73. The van der Waals surface area contributed by atoms with Crippen LogP contribution in [0.4, 0.5) is 0 Å². The molecule has 0 aliphatic rings. The lowest BCUT2D eigenvalue weighted by molar-refractivity contribution is 0.358. The normalized spacial score (nSPS) is 10.7. The van der Waals surface area contributed by atoms with Gasteiger partial charge in [0.05, 0.1) is 19.7 Å². The molecule has 0 aliphatic carbocycles. The molecule has 0 atom stereocenters. The van der Waals surface area contributed by atoms with Crippen molar-refractivity contribution in [2.45, 2.75) is 6.92 Å². The number of nitrogens with zero attached hydrogens (tertiary/aromatic N) is 2. The van der Waals surface area contributed by atoms with Crippen LogP contribution in [0, 0.1) is 6.92 Å². The molecule has 4 heteroatoms. The lowest BCUT2D eigenvalue weighted by Gasteiger charge is -2.07. The number of rotatable bonds is 2. The summed E-state index contributed by atoms with van der Waals surface area (Å²) in [5.41, 5.74) is 1.89. The van der Waals surface area contributed by atoms with Gasteiger partial charge in [0.15, 0.2) is 11.5 Å². The van der Waals surface area contributed by atoms with Gasteiger partial charge in [-0.3, -0.25) is 0 Å². The zero-order valence-corrected chi connectivity index (χ0v) is 9.37. The average molecular weight is 206 g/mol. The molecule has 4 nitrogen and oxygen atoms in total. The molecule has 1 heterocycles. The Hall–Kier alpha value is -1.71. The highest BCUT2D eigenvalue weighted by Gasteiger charge is 2.13. The average Bonchev–Trinajstić information content (AvgIpc) is 2.54. The zero-order valence-electron chi connectivity index (χ0n) is 9.37. The van der Waals surface area contributed by atoms with Gasteiger partial charge in [-0.2, -0.15) is 0 Å². The maximum absolute atomic E-state index is 5.32. The number of ether oxygens (including phenoxy) is 2. The van der Waals surface area contributed by atoms with E-state index in [0.29, 0.717) is 11.5 Å². The van der Waals surface area contributed by atoms with E-state index in [1.54, 1.807) is 14.2 Å². The third-order valence-corrected chi connectivity index (χ3v) is 2.62. The molecule has 0 unspecified atom stereocenters. The summed E-state index contributed by atoms with van der Waals surface area (Å²) in [6.07, 6.45) is 0. The molecule has 0 amide bonds. The molecule has 2 rings (SSSR count). The van der Waals surface area contributed by atoms with E-state index < -0.39 is 0 Å². The number of imidazole rings is 1. The molecular formula is C11H14N2O2. The predicted octanol–water partition coefficient (Wildman–Crippen LogP) is 1.90. The molecule has 0 spiro atoms. The molecule has 0 N–H and O–H groups in total. The monoisotopic (exact) mass is 206 g/mol. The first-order valence-electron chi connectivity index (χ1n) is 4.73. The highest BCUT2D eigenvalue weighted by atomic mass is 16.5. The van der Waals surface area contributed by atoms with E-state index in [-0.39, 0.29) is 0 Å². The summed E-state index contributed by atoms with van der Waals surface area (Å²) < 4.78 is 12.6. The van der Waals surface area contributed by atoms with Gasteiger partial charge in [-0.15, -0.1) is 0 Å². The van der Waals surface area contributed by atoms with Crippen molar-refractivity contribution in [1.29, 1.82) is 0 Å². The van der Waals surface area contributed by atoms with Crippen LogP contribution in [-0.4, -0.2) is 23.8 Å². The van der Waals surface area contributed by atoms with E-state index >= 15 is 0 Å². The van der Waals surface area contributed by atoms with E-state index in [0.717, 1.165) is 16.9 Å². The molecular weight excluding hydrogens is 192 g/mol.